The third kappa shape index (κ3) is 2.76. The maximum atomic E-state index is 5.58. The average Bonchev–Trinajstić information content (AvgIpc) is 2.17. The highest BCUT2D eigenvalue weighted by Crippen LogP contribution is 2.13. The first-order chi connectivity index (χ1) is 7.24. The molecule has 0 amide bonds. The summed E-state index contributed by atoms with van der Waals surface area (Å²) in [7, 11) is 0. The summed E-state index contributed by atoms with van der Waals surface area (Å²) >= 11 is 3.42. The number of nitrogens with two attached hydrogens (primary N) is 1. The van der Waals surface area contributed by atoms with Gasteiger partial charge in [0.1, 0.15) is 11.6 Å². The Hall–Kier alpha value is -1.42. The van der Waals surface area contributed by atoms with Gasteiger partial charge in [0.2, 0.25) is 0 Å². The van der Waals surface area contributed by atoms with Crippen LogP contribution in [-0.2, 0) is 6.42 Å². The van der Waals surface area contributed by atoms with E-state index in [9.17, 15) is 0 Å². The van der Waals surface area contributed by atoms with Crippen molar-refractivity contribution in [2.24, 2.45) is 0 Å². The number of rotatable bonds is 2. The van der Waals surface area contributed by atoms with Gasteiger partial charge in [-0.05, 0) is 23.8 Å². The normalized spacial score (nSPS) is 10.2. The number of hydrogen-bond acceptors (Lipinski definition) is 3. The molecule has 3 nitrogen and oxygen atoms in total. The lowest BCUT2D eigenvalue weighted by molar-refractivity contribution is 0.973. The predicted molar refractivity (Wildman–Crippen MR) is 63.4 cm³/mol. The average molecular weight is 264 g/mol. The van der Waals surface area contributed by atoms with E-state index < -0.39 is 0 Å². The molecule has 4 heteroatoms. The molecule has 0 saturated carbocycles. The van der Waals surface area contributed by atoms with E-state index in [0.717, 1.165) is 15.9 Å². The summed E-state index contributed by atoms with van der Waals surface area (Å²) in [6.07, 6.45) is 2.38. The van der Waals surface area contributed by atoms with Crippen LogP contribution in [0.4, 0.5) is 5.82 Å². The molecule has 1 aromatic heterocycles. The molecule has 0 radical (unpaired) electrons. The van der Waals surface area contributed by atoms with Crippen molar-refractivity contribution in [3.8, 4) is 0 Å². The summed E-state index contributed by atoms with van der Waals surface area (Å²) in [6, 6.07) is 9.75. The van der Waals surface area contributed by atoms with E-state index in [4.69, 9.17) is 5.73 Å². The molecule has 15 heavy (non-hydrogen) atoms. The van der Waals surface area contributed by atoms with Gasteiger partial charge >= 0.3 is 0 Å². The van der Waals surface area contributed by atoms with Crippen molar-refractivity contribution in [3.05, 3.63) is 52.4 Å². The van der Waals surface area contributed by atoms with Gasteiger partial charge in [-0.2, -0.15) is 0 Å². The van der Waals surface area contributed by atoms with Crippen molar-refractivity contribution in [1.29, 1.82) is 0 Å². The smallest absolute Gasteiger partial charge is 0.135 e. The zero-order chi connectivity index (χ0) is 10.7. The summed E-state index contributed by atoms with van der Waals surface area (Å²) in [5, 5.41) is 0. The third-order valence-electron chi connectivity index (χ3n) is 1.98. The van der Waals surface area contributed by atoms with Gasteiger partial charge in [0.15, 0.2) is 0 Å². The number of hydrogen-bond donors (Lipinski definition) is 1. The third-order valence-corrected chi connectivity index (χ3v) is 2.47. The Morgan fingerprint density at radius 1 is 1.27 bits per heavy atom. The maximum Gasteiger partial charge on any atom is 0.135 e. The molecule has 1 aromatic carbocycles. The van der Waals surface area contributed by atoms with Gasteiger partial charge in [0.05, 0.1) is 0 Å². The second-order valence-corrected chi connectivity index (χ2v) is 4.12. The van der Waals surface area contributed by atoms with Gasteiger partial charge in [-0.15, -0.1) is 0 Å². The van der Waals surface area contributed by atoms with Gasteiger partial charge in [-0.3, -0.25) is 0 Å². The molecule has 1 heterocycles. The monoisotopic (exact) mass is 263 g/mol. The molecule has 0 unspecified atom stereocenters. The largest absolute Gasteiger partial charge is 0.384 e. The van der Waals surface area contributed by atoms with Gasteiger partial charge in [0.25, 0.3) is 0 Å². The van der Waals surface area contributed by atoms with E-state index in [1.807, 2.05) is 24.3 Å². The predicted octanol–water partition coefficient (Wildman–Crippen LogP) is 2.41. The molecule has 0 spiro atoms. The maximum absolute atomic E-state index is 5.58. The lowest BCUT2D eigenvalue weighted by Gasteiger charge is -2.01. The fraction of sp³-hybridized carbons (Fsp3) is 0.0909. The Morgan fingerprint density at radius 2 is 2.13 bits per heavy atom. The van der Waals surface area contributed by atoms with Crippen molar-refractivity contribution < 1.29 is 0 Å². The molecule has 0 bridgehead atoms. The van der Waals surface area contributed by atoms with E-state index in [1.165, 1.54) is 0 Å². The highest BCUT2D eigenvalue weighted by Gasteiger charge is 1.99. The molecule has 0 aliphatic rings. The van der Waals surface area contributed by atoms with Gasteiger partial charge < -0.3 is 5.73 Å². The lowest BCUT2D eigenvalue weighted by atomic mass is 10.1. The Kier molecular flexibility index (Phi) is 2.97. The number of nitrogen functional groups attached to an aromatic ring is 1. The molecule has 0 fully saturated rings. The SMILES string of the molecule is Nc1ccnc(Cc2cccc(Br)c2)n1. The minimum Gasteiger partial charge on any atom is -0.384 e. The quantitative estimate of drug-likeness (QED) is 0.906. The van der Waals surface area contributed by atoms with Crippen LogP contribution in [0.1, 0.15) is 11.4 Å². The minimum absolute atomic E-state index is 0.509. The van der Waals surface area contributed by atoms with Crippen LogP contribution in [-0.4, -0.2) is 9.97 Å². The molecule has 0 aliphatic heterocycles. The first kappa shape index (κ1) is 10.1. The first-order valence-electron chi connectivity index (χ1n) is 4.56. The summed E-state index contributed by atoms with van der Waals surface area (Å²) in [5.41, 5.74) is 6.74. The van der Waals surface area contributed by atoms with Crippen molar-refractivity contribution in [3.63, 3.8) is 0 Å². The van der Waals surface area contributed by atoms with E-state index in [2.05, 4.69) is 25.9 Å². The van der Waals surface area contributed by atoms with E-state index in [-0.39, 0.29) is 0 Å². The number of aromatic nitrogens is 2. The van der Waals surface area contributed by atoms with Gasteiger partial charge in [0, 0.05) is 17.1 Å². The molecule has 2 aromatic rings. The molecular formula is C11H10BrN3. The van der Waals surface area contributed by atoms with E-state index in [0.29, 0.717) is 12.2 Å². The fourth-order valence-corrected chi connectivity index (χ4v) is 1.78. The summed E-state index contributed by atoms with van der Waals surface area (Å²) in [6.45, 7) is 0. The Labute approximate surface area is 96.5 Å². The minimum atomic E-state index is 0.509. The van der Waals surface area contributed by atoms with Crippen molar-refractivity contribution in [2.75, 3.05) is 5.73 Å². The highest BCUT2D eigenvalue weighted by atomic mass is 79.9. The number of anilines is 1. The van der Waals surface area contributed by atoms with Crippen LogP contribution >= 0.6 is 15.9 Å². The van der Waals surface area contributed by atoms with Crippen molar-refractivity contribution >= 4 is 21.7 Å². The molecule has 2 N–H and O–H groups in total. The summed E-state index contributed by atoms with van der Waals surface area (Å²) < 4.78 is 1.06. The zero-order valence-electron chi connectivity index (χ0n) is 8.02. The molecule has 76 valence electrons. The van der Waals surface area contributed by atoms with Crippen LogP contribution in [0.15, 0.2) is 41.0 Å². The Bertz CT molecular complexity index is 427. The molecular weight excluding hydrogens is 254 g/mol. The van der Waals surface area contributed by atoms with Crippen LogP contribution in [0, 0.1) is 0 Å². The highest BCUT2D eigenvalue weighted by molar-refractivity contribution is 9.10. The Balaban J connectivity index is 2.22. The topological polar surface area (TPSA) is 51.8 Å². The second-order valence-electron chi connectivity index (χ2n) is 3.20. The van der Waals surface area contributed by atoms with Crippen molar-refractivity contribution in [2.45, 2.75) is 6.42 Å². The van der Waals surface area contributed by atoms with Crippen molar-refractivity contribution in [1.82, 2.24) is 9.97 Å². The van der Waals surface area contributed by atoms with Gasteiger partial charge in [-0.1, -0.05) is 28.1 Å². The first-order valence-corrected chi connectivity index (χ1v) is 5.35. The fourth-order valence-electron chi connectivity index (χ4n) is 1.33. The van der Waals surface area contributed by atoms with Crippen LogP contribution < -0.4 is 5.73 Å². The van der Waals surface area contributed by atoms with Crippen LogP contribution in [0.2, 0.25) is 0 Å². The molecule has 0 aliphatic carbocycles. The van der Waals surface area contributed by atoms with Crippen LogP contribution in [0.25, 0.3) is 0 Å². The molecule has 0 atom stereocenters. The number of benzene rings is 1. The molecule has 0 saturated heterocycles. The van der Waals surface area contributed by atoms with E-state index >= 15 is 0 Å². The zero-order valence-corrected chi connectivity index (χ0v) is 9.61. The second kappa shape index (κ2) is 4.40. The lowest BCUT2D eigenvalue weighted by Crippen LogP contribution is -1.99. The molecule has 2 rings (SSSR count). The van der Waals surface area contributed by atoms with Crippen LogP contribution in [0.5, 0.6) is 0 Å². The van der Waals surface area contributed by atoms with E-state index in [1.54, 1.807) is 12.3 Å². The Morgan fingerprint density at radius 3 is 2.87 bits per heavy atom. The van der Waals surface area contributed by atoms with Crippen LogP contribution in [0.3, 0.4) is 0 Å². The standard InChI is InChI=1S/C11H10BrN3/c12-9-3-1-2-8(6-9)7-11-14-5-4-10(13)15-11/h1-6H,7H2,(H2,13,14,15). The summed E-state index contributed by atoms with van der Waals surface area (Å²) in [5.74, 6) is 1.25. The number of nitrogens with zero attached hydrogens (tertiary/aromatic N) is 2. The summed E-state index contributed by atoms with van der Waals surface area (Å²) in [4.78, 5) is 8.31. The van der Waals surface area contributed by atoms with Gasteiger partial charge in [-0.25, -0.2) is 9.97 Å². The number of halogens is 1.